The fourth-order valence-electron chi connectivity index (χ4n) is 1.96. The molecule has 0 amide bonds. The van der Waals surface area contributed by atoms with Crippen molar-refractivity contribution in [3.05, 3.63) is 58.6 Å². The third-order valence-corrected chi connectivity index (χ3v) is 3.69. The highest BCUT2D eigenvalue weighted by Gasteiger charge is 2.02. The first kappa shape index (κ1) is 15.8. The van der Waals surface area contributed by atoms with Crippen molar-refractivity contribution < 1.29 is 4.74 Å². The minimum Gasteiger partial charge on any atom is -0.496 e. The standard InChI is InChI=1S/C16H17BrN2OS/c1-20-15-8-3-2-5-12(15)9-10-18-16(21)19-14-7-4-6-13(17)11-14/h2-8,11H,9-10H2,1H3,(H2,18,19,21). The Kier molecular flexibility index (Phi) is 6.02. The van der Waals surface area contributed by atoms with E-state index in [1.807, 2.05) is 42.5 Å². The number of thiocarbonyl (C=S) groups is 1. The van der Waals surface area contributed by atoms with E-state index in [2.05, 4.69) is 32.6 Å². The number of anilines is 1. The van der Waals surface area contributed by atoms with Crippen LogP contribution in [0.15, 0.2) is 53.0 Å². The summed E-state index contributed by atoms with van der Waals surface area (Å²) >= 11 is 8.72. The van der Waals surface area contributed by atoms with Crippen molar-refractivity contribution in [1.29, 1.82) is 0 Å². The smallest absolute Gasteiger partial charge is 0.170 e. The normalized spacial score (nSPS) is 10.0. The van der Waals surface area contributed by atoms with Crippen LogP contribution >= 0.6 is 28.1 Å². The summed E-state index contributed by atoms with van der Waals surface area (Å²) in [5.74, 6) is 0.908. The zero-order chi connectivity index (χ0) is 15.1. The summed E-state index contributed by atoms with van der Waals surface area (Å²) in [6.45, 7) is 0.750. The maximum atomic E-state index is 5.33. The van der Waals surface area contributed by atoms with Gasteiger partial charge in [0.2, 0.25) is 0 Å². The highest BCUT2D eigenvalue weighted by molar-refractivity contribution is 9.10. The van der Waals surface area contributed by atoms with Gasteiger partial charge in [0.05, 0.1) is 7.11 Å². The largest absolute Gasteiger partial charge is 0.496 e. The molecule has 0 aliphatic heterocycles. The second-order valence-corrected chi connectivity index (χ2v) is 5.78. The molecular weight excluding hydrogens is 348 g/mol. The molecule has 110 valence electrons. The Labute approximate surface area is 138 Å². The Morgan fingerprint density at radius 1 is 1.19 bits per heavy atom. The molecule has 2 rings (SSSR count). The second kappa shape index (κ2) is 8.00. The number of para-hydroxylation sites is 1. The molecule has 0 saturated carbocycles. The number of hydrogen-bond acceptors (Lipinski definition) is 2. The summed E-state index contributed by atoms with van der Waals surface area (Å²) in [5, 5.41) is 6.97. The third-order valence-electron chi connectivity index (χ3n) is 2.95. The summed E-state index contributed by atoms with van der Waals surface area (Å²) in [7, 11) is 1.69. The quantitative estimate of drug-likeness (QED) is 0.786. The number of ether oxygens (including phenoxy) is 1. The number of nitrogens with one attached hydrogen (secondary N) is 2. The van der Waals surface area contributed by atoms with Crippen molar-refractivity contribution >= 4 is 38.9 Å². The van der Waals surface area contributed by atoms with Gasteiger partial charge in [-0.2, -0.15) is 0 Å². The van der Waals surface area contributed by atoms with E-state index in [1.165, 1.54) is 0 Å². The summed E-state index contributed by atoms with van der Waals surface area (Å²) < 4.78 is 6.35. The van der Waals surface area contributed by atoms with E-state index < -0.39 is 0 Å². The van der Waals surface area contributed by atoms with Crippen molar-refractivity contribution in [3.8, 4) is 5.75 Å². The maximum Gasteiger partial charge on any atom is 0.170 e. The zero-order valence-corrected chi connectivity index (χ0v) is 14.1. The molecule has 0 saturated heterocycles. The van der Waals surface area contributed by atoms with Crippen LogP contribution in [0.5, 0.6) is 5.75 Å². The van der Waals surface area contributed by atoms with Gasteiger partial charge in [0.15, 0.2) is 5.11 Å². The van der Waals surface area contributed by atoms with Crippen LogP contribution in [0.25, 0.3) is 0 Å². The molecule has 0 heterocycles. The van der Waals surface area contributed by atoms with Gasteiger partial charge in [-0.15, -0.1) is 0 Å². The molecule has 0 radical (unpaired) electrons. The topological polar surface area (TPSA) is 33.3 Å². The van der Waals surface area contributed by atoms with E-state index in [1.54, 1.807) is 7.11 Å². The molecule has 21 heavy (non-hydrogen) atoms. The lowest BCUT2D eigenvalue weighted by molar-refractivity contribution is 0.409. The van der Waals surface area contributed by atoms with Crippen LogP contribution in [-0.4, -0.2) is 18.8 Å². The summed E-state index contributed by atoms with van der Waals surface area (Å²) in [6, 6.07) is 15.9. The van der Waals surface area contributed by atoms with E-state index in [0.29, 0.717) is 5.11 Å². The first-order valence-electron chi connectivity index (χ1n) is 6.61. The Morgan fingerprint density at radius 3 is 2.76 bits per heavy atom. The lowest BCUT2D eigenvalue weighted by Crippen LogP contribution is -2.30. The molecule has 0 bridgehead atoms. The minimum absolute atomic E-state index is 0.614. The molecule has 0 spiro atoms. The molecule has 0 aliphatic carbocycles. The molecule has 0 fully saturated rings. The van der Waals surface area contributed by atoms with Gasteiger partial charge >= 0.3 is 0 Å². The lowest BCUT2D eigenvalue weighted by Gasteiger charge is -2.12. The lowest BCUT2D eigenvalue weighted by atomic mass is 10.1. The van der Waals surface area contributed by atoms with Crippen LogP contribution in [0.4, 0.5) is 5.69 Å². The van der Waals surface area contributed by atoms with Crippen molar-refractivity contribution in [3.63, 3.8) is 0 Å². The fourth-order valence-corrected chi connectivity index (χ4v) is 2.58. The molecule has 0 aromatic heterocycles. The highest BCUT2D eigenvalue weighted by Crippen LogP contribution is 2.17. The number of hydrogen-bond donors (Lipinski definition) is 2. The molecule has 0 atom stereocenters. The summed E-state index contributed by atoms with van der Waals surface area (Å²) in [5.41, 5.74) is 2.12. The van der Waals surface area contributed by atoms with Crippen LogP contribution in [-0.2, 0) is 6.42 Å². The first-order chi connectivity index (χ1) is 10.2. The van der Waals surface area contributed by atoms with Gasteiger partial charge < -0.3 is 15.4 Å². The SMILES string of the molecule is COc1ccccc1CCNC(=S)Nc1cccc(Br)c1. The average molecular weight is 365 g/mol. The molecule has 2 aromatic carbocycles. The fraction of sp³-hybridized carbons (Fsp3) is 0.188. The van der Waals surface area contributed by atoms with Crippen LogP contribution in [0.3, 0.4) is 0 Å². The van der Waals surface area contributed by atoms with Crippen LogP contribution in [0.1, 0.15) is 5.56 Å². The Hall–Kier alpha value is -1.59. The summed E-state index contributed by atoms with van der Waals surface area (Å²) in [4.78, 5) is 0. The monoisotopic (exact) mass is 364 g/mol. The molecule has 5 heteroatoms. The third kappa shape index (κ3) is 5.02. The van der Waals surface area contributed by atoms with E-state index in [-0.39, 0.29) is 0 Å². The Morgan fingerprint density at radius 2 is 2.00 bits per heavy atom. The van der Waals surface area contributed by atoms with Crippen molar-refractivity contribution in [1.82, 2.24) is 5.32 Å². The van der Waals surface area contributed by atoms with Gasteiger partial charge in [0.1, 0.15) is 5.75 Å². The Balaban J connectivity index is 1.82. The molecule has 0 unspecified atom stereocenters. The predicted molar refractivity (Wildman–Crippen MR) is 95.1 cm³/mol. The van der Waals surface area contributed by atoms with Crippen molar-refractivity contribution in [2.45, 2.75) is 6.42 Å². The predicted octanol–water partition coefficient (Wildman–Crippen LogP) is 3.99. The maximum absolute atomic E-state index is 5.33. The molecule has 3 nitrogen and oxygen atoms in total. The number of benzene rings is 2. The Bertz CT molecular complexity index is 619. The van der Waals surface area contributed by atoms with E-state index in [0.717, 1.165) is 34.4 Å². The number of rotatable bonds is 5. The van der Waals surface area contributed by atoms with E-state index in [4.69, 9.17) is 17.0 Å². The molecular formula is C16H17BrN2OS. The first-order valence-corrected chi connectivity index (χ1v) is 7.81. The van der Waals surface area contributed by atoms with E-state index in [9.17, 15) is 0 Å². The van der Waals surface area contributed by atoms with Gasteiger partial charge in [-0.05, 0) is 48.5 Å². The zero-order valence-electron chi connectivity index (χ0n) is 11.7. The highest BCUT2D eigenvalue weighted by atomic mass is 79.9. The summed E-state index contributed by atoms with van der Waals surface area (Å²) in [6.07, 6.45) is 0.852. The van der Waals surface area contributed by atoms with Gasteiger partial charge in [0.25, 0.3) is 0 Å². The van der Waals surface area contributed by atoms with Crippen LogP contribution in [0, 0.1) is 0 Å². The van der Waals surface area contributed by atoms with Crippen molar-refractivity contribution in [2.24, 2.45) is 0 Å². The van der Waals surface area contributed by atoms with E-state index >= 15 is 0 Å². The van der Waals surface area contributed by atoms with Crippen molar-refractivity contribution in [2.75, 3.05) is 19.0 Å². The van der Waals surface area contributed by atoms with Gasteiger partial charge in [0, 0.05) is 16.7 Å². The molecule has 2 N–H and O–H groups in total. The van der Waals surface area contributed by atoms with Crippen LogP contribution in [0.2, 0.25) is 0 Å². The minimum atomic E-state index is 0.614. The second-order valence-electron chi connectivity index (χ2n) is 4.45. The van der Waals surface area contributed by atoms with Gasteiger partial charge in [-0.1, -0.05) is 40.2 Å². The van der Waals surface area contributed by atoms with Gasteiger partial charge in [-0.3, -0.25) is 0 Å². The number of halogens is 1. The molecule has 2 aromatic rings. The average Bonchev–Trinajstić information content (AvgIpc) is 2.47. The van der Waals surface area contributed by atoms with Gasteiger partial charge in [-0.25, -0.2) is 0 Å². The number of methoxy groups -OCH3 is 1. The van der Waals surface area contributed by atoms with Crippen LogP contribution < -0.4 is 15.4 Å². The molecule has 0 aliphatic rings.